The lowest BCUT2D eigenvalue weighted by atomic mass is 9.86. The van der Waals surface area contributed by atoms with Crippen LogP contribution in [0.4, 0.5) is 5.69 Å². The van der Waals surface area contributed by atoms with Gasteiger partial charge in [0, 0.05) is 11.7 Å². The third-order valence-electron chi connectivity index (χ3n) is 3.60. The number of halogens is 1. The third-order valence-corrected chi connectivity index (χ3v) is 3.89. The maximum absolute atomic E-state index is 10.9. The van der Waals surface area contributed by atoms with Crippen LogP contribution in [0.1, 0.15) is 25.7 Å². The topological polar surface area (TPSA) is 58.6 Å². The monoisotopic (exact) mass is 283 g/mol. The van der Waals surface area contributed by atoms with Crippen molar-refractivity contribution in [3.8, 4) is 5.75 Å². The van der Waals surface area contributed by atoms with E-state index in [2.05, 4.69) is 5.32 Å². The summed E-state index contributed by atoms with van der Waals surface area (Å²) in [6, 6.07) is 5.91. The molecule has 1 aromatic rings. The van der Waals surface area contributed by atoms with Crippen LogP contribution in [0.3, 0.4) is 0 Å². The molecule has 4 nitrogen and oxygen atoms in total. The van der Waals surface area contributed by atoms with E-state index in [0.29, 0.717) is 16.8 Å². The maximum Gasteiger partial charge on any atom is 0.306 e. The highest BCUT2D eigenvalue weighted by molar-refractivity contribution is 6.32. The van der Waals surface area contributed by atoms with Crippen LogP contribution in [0.2, 0.25) is 5.02 Å². The molecule has 1 fully saturated rings. The highest BCUT2D eigenvalue weighted by atomic mass is 35.5. The molecule has 0 aromatic heterocycles. The van der Waals surface area contributed by atoms with Crippen molar-refractivity contribution in [1.82, 2.24) is 0 Å². The smallest absolute Gasteiger partial charge is 0.306 e. The zero-order valence-electron chi connectivity index (χ0n) is 10.9. The van der Waals surface area contributed by atoms with Crippen molar-refractivity contribution in [2.75, 3.05) is 12.4 Å². The first-order valence-electron chi connectivity index (χ1n) is 6.43. The average Bonchev–Trinajstić information content (AvgIpc) is 2.39. The molecule has 104 valence electrons. The van der Waals surface area contributed by atoms with Crippen molar-refractivity contribution in [3.05, 3.63) is 23.2 Å². The lowest BCUT2D eigenvalue weighted by molar-refractivity contribution is -0.142. The van der Waals surface area contributed by atoms with Crippen LogP contribution in [-0.2, 0) is 4.79 Å². The Labute approximate surface area is 117 Å². The van der Waals surface area contributed by atoms with Crippen molar-refractivity contribution in [1.29, 1.82) is 0 Å². The van der Waals surface area contributed by atoms with E-state index in [-0.39, 0.29) is 5.92 Å². The summed E-state index contributed by atoms with van der Waals surface area (Å²) in [6.07, 6.45) is 3.22. The van der Waals surface area contributed by atoms with Crippen LogP contribution >= 0.6 is 11.6 Å². The molecular formula is C14H18ClNO3. The van der Waals surface area contributed by atoms with Gasteiger partial charge in [0.05, 0.1) is 18.1 Å². The molecule has 0 bridgehead atoms. The molecule has 1 aliphatic rings. The van der Waals surface area contributed by atoms with Gasteiger partial charge in [-0.3, -0.25) is 4.79 Å². The minimum absolute atomic E-state index is 0.183. The van der Waals surface area contributed by atoms with Crippen LogP contribution in [0.5, 0.6) is 5.75 Å². The standard InChI is InChI=1S/C14H18ClNO3/c1-19-13-7-6-11(8-12(13)15)16-10-4-2-9(3-5-10)14(17)18/h6-10,16H,2-5H2,1H3,(H,17,18). The Morgan fingerprint density at radius 1 is 1.37 bits per heavy atom. The van der Waals surface area contributed by atoms with Crippen molar-refractivity contribution >= 4 is 23.3 Å². The number of carbonyl (C=O) groups is 1. The lowest BCUT2D eigenvalue weighted by Crippen LogP contribution is -2.29. The highest BCUT2D eigenvalue weighted by Crippen LogP contribution is 2.30. The molecule has 1 saturated carbocycles. The number of methoxy groups -OCH3 is 1. The SMILES string of the molecule is COc1ccc(NC2CCC(C(=O)O)CC2)cc1Cl. The van der Waals surface area contributed by atoms with Gasteiger partial charge in [0.1, 0.15) is 5.75 Å². The second-order valence-corrected chi connectivity index (χ2v) is 5.29. The number of benzene rings is 1. The summed E-state index contributed by atoms with van der Waals surface area (Å²) in [7, 11) is 1.58. The molecule has 0 unspecified atom stereocenters. The molecule has 1 aliphatic carbocycles. The van der Waals surface area contributed by atoms with Crippen LogP contribution in [0.15, 0.2) is 18.2 Å². The van der Waals surface area contributed by atoms with Gasteiger partial charge in [0.25, 0.3) is 0 Å². The zero-order chi connectivity index (χ0) is 13.8. The van der Waals surface area contributed by atoms with Gasteiger partial charge in [0.2, 0.25) is 0 Å². The summed E-state index contributed by atoms with van der Waals surface area (Å²) in [5.74, 6) is -0.203. The van der Waals surface area contributed by atoms with Crippen LogP contribution in [0, 0.1) is 5.92 Å². The Hall–Kier alpha value is -1.42. The largest absolute Gasteiger partial charge is 0.495 e. The summed E-state index contributed by atoms with van der Waals surface area (Å²) in [6.45, 7) is 0. The first-order valence-corrected chi connectivity index (χ1v) is 6.81. The van der Waals surface area contributed by atoms with Gasteiger partial charge in [-0.1, -0.05) is 11.6 Å². The molecule has 0 radical (unpaired) electrons. The number of carboxylic acid groups (broad SMARTS) is 1. The van der Waals surface area contributed by atoms with E-state index in [1.807, 2.05) is 18.2 Å². The Morgan fingerprint density at radius 3 is 2.58 bits per heavy atom. The van der Waals surface area contributed by atoms with E-state index in [1.165, 1.54) is 0 Å². The highest BCUT2D eigenvalue weighted by Gasteiger charge is 2.25. The van der Waals surface area contributed by atoms with Gasteiger partial charge in [-0.2, -0.15) is 0 Å². The Kier molecular flexibility index (Phi) is 4.53. The van der Waals surface area contributed by atoms with Crippen molar-refractivity contribution in [2.24, 2.45) is 5.92 Å². The van der Waals surface area contributed by atoms with Gasteiger partial charge in [-0.15, -0.1) is 0 Å². The van der Waals surface area contributed by atoms with E-state index in [0.717, 1.165) is 31.4 Å². The molecule has 0 spiro atoms. The molecule has 1 aromatic carbocycles. The predicted octanol–water partition coefficient (Wildman–Crippen LogP) is 3.40. The van der Waals surface area contributed by atoms with E-state index in [4.69, 9.17) is 21.4 Å². The summed E-state index contributed by atoms with van der Waals surface area (Å²) in [4.78, 5) is 10.9. The van der Waals surface area contributed by atoms with Gasteiger partial charge in [-0.05, 0) is 43.9 Å². The number of hydrogen-bond donors (Lipinski definition) is 2. The summed E-state index contributed by atoms with van der Waals surface area (Å²) in [5.41, 5.74) is 0.949. The lowest BCUT2D eigenvalue weighted by Gasteiger charge is -2.27. The quantitative estimate of drug-likeness (QED) is 0.889. The van der Waals surface area contributed by atoms with Gasteiger partial charge < -0.3 is 15.2 Å². The fourth-order valence-corrected chi connectivity index (χ4v) is 2.73. The first-order chi connectivity index (χ1) is 9.10. The maximum atomic E-state index is 10.9. The first kappa shape index (κ1) is 14.0. The number of anilines is 1. The second-order valence-electron chi connectivity index (χ2n) is 4.88. The van der Waals surface area contributed by atoms with Crippen LogP contribution in [-0.4, -0.2) is 24.2 Å². The van der Waals surface area contributed by atoms with E-state index in [1.54, 1.807) is 7.11 Å². The molecule has 0 aliphatic heterocycles. The molecule has 2 N–H and O–H groups in total. The predicted molar refractivity (Wildman–Crippen MR) is 75.0 cm³/mol. The van der Waals surface area contributed by atoms with Gasteiger partial charge in [0.15, 0.2) is 0 Å². The zero-order valence-corrected chi connectivity index (χ0v) is 11.6. The molecule has 0 heterocycles. The molecule has 5 heteroatoms. The van der Waals surface area contributed by atoms with Crippen LogP contribution in [0.25, 0.3) is 0 Å². The minimum atomic E-state index is -0.675. The summed E-state index contributed by atoms with van der Waals surface area (Å²) in [5, 5.41) is 12.9. The van der Waals surface area contributed by atoms with E-state index in [9.17, 15) is 4.79 Å². The fourth-order valence-electron chi connectivity index (χ4n) is 2.48. The van der Waals surface area contributed by atoms with E-state index < -0.39 is 5.97 Å². The molecule has 19 heavy (non-hydrogen) atoms. The molecule has 2 rings (SSSR count). The van der Waals surface area contributed by atoms with Crippen LogP contribution < -0.4 is 10.1 Å². The molecule has 0 saturated heterocycles. The number of rotatable bonds is 4. The average molecular weight is 284 g/mol. The second kappa shape index (κ2) is 6.15. The molecule has 0 atom stereocenters. The minimum Gasteiger partial charge on any atom is -0.495 e. The summed E-state index contributed by atoms with van der Waals surface area (Å²) >= 11 is 6.07. The normalized spacial score (nSPS) is 22.8. The Balaban J connectivity index is 1.92. The Morgan fingerprint density at radius 2 is 2.05 bits per heavy atom. The molecular weight excluding hydrogens is 266 g/mol. The van der Waals surface area contributed by atoms with E-state index >= 15 is 0 Å². The van der Waals surface area contributed by atoms with Gasteiger partial charge >= 0.3 is 5.97 Å². The van der Waals surface area contributed by atoms with Crippen molar-refractivity contribution in [2.45, 2.75) is 31.7 Å². The third kappa shape index (κ3) is 3.53. The van der Waals surface area contributed by atoms with Crippen molar-refractivity contribution < 1.29 is 14.6 Å². The summed E-state index contributed by atoms with van der Waals surface area (Å²) < 4.78 is 5.11. The van der Waals surface area contributed by atoms with Gasteiger partial charge in [-0.25, -0.2) is 0 Å². The fraction of sp³-hybridized carbons (Fsp3) is 0.500. The number of hydrogen-bond acceptors (Lipinski definition) is 3. The van der Waals surface area contributed by atoms with Crippen molar-refractivity contribution in [3.63, 3.8) is 0 Å². The number of carboxylic acids is 1. The Bertz CT molecular complexity index is 456. The number of aliphatic carboxylic acids is 1. The number of ether oxygens (including phenoxy) is 1. The molecule has 0 amide bonds. The number of nitrogens with one attached hydrogen (secondary N) is 1.